The van der Waals surface area contributed by atoms with E-state index in [0.717, 1.165) is 12.1 Å². The highest BCUT2D eigenvalue weighted by molar-refractivity contribution is 5.89. The summed E-state index contributed by atoms with van der Waals surface area (Å²) in [5, 5.41) is 5.87. The standard InChI is InChI=1S/C13H19N3O/c1-10-4-2-3-5-12(10)16-13(17)15-11-6-8-14-9-7-11/h6-10,12H,2-5H2,1H3,(H2,14,15,16,17). The smallest absolute Gasteiger partial charge is 0.319 e. The first-order valence-corrected chi connectivity index (χ1v) is 6.23. The highest BCUT2D eigenvalue weighted by Crippen LogP contribution is 2.23. The van der Waals surface area contributed by atoms with Gasteiger partial charge in [-0.25, -0.2) is 4.79 Å². The average molecular weight is 233 g/mol. The second kappa shape index (κ2) is 5.66. The van der Waals surface area contributed by atoms with E-state index >= 15 is 0 Å². The Morgan fingerprint density at radius 3 is 2.71 bits per heavy atom. The van der Waals surface area contributed by atoms with Crippen LogP contribution in [0.25, 0.3) is 0 Å². The van der Waals surface area contributed by atoms with E-state index in [1.54, 1.807) is 24.5 Å². The van der Waals surface area contributed by atoms with Gasteiger partial charge in [0.2, 0.25) is 0 Å². The van der Waals surface area contributed by atoms with Crippen molar-refractivity contribution >= 4 is 11.7 Å². The number of pyridine rings is 1. The lowest BCUT2D eigenvalue weighted by Crippen LogP contribution is -2.43. The molecule has 4 heteroatoms. The molecule has 0 aromatic carbocycles. The van der Waals surface area contributed by atoms with E-state index in [-0.39, 0.29) is 6.03 Å². The Morgan fingerprint density at radius 2 is 2.00 bits per heavy atom. The SMILES string of the molecule is CC1CCCCC1NC(=O)Nc1ccncc1. The molecule has 2 rings (SSSR count). The zero-order valence-electron chi connectivity index (χ0n) is 10.1. The third-order valence-corrected chi connectivity index (χ3v) is 3.37. The molecule has 0 saturated heterocycles. The van der Waals surface area contributed by atoms with Crippen LogP contribution in [0.3, 0.4) is 0 Å². The van der Waals surface area contributed by atoms with Crippen LogP contribution >= 0.6 is 0 Å². The number of amides is 2. The Hall–Kier alpha value is -1.58. The topological polar surface area (TPSA) is 54.0 Å². The molecule has 1 aliphatic carbocycles. The number of anilines is 1. The Morgan fingerprint density at radius 1 is 1.29 bits per heavy atom. The number of aromatic nitrogens is 1. The zero-order chi connectivity index (χ0) is 12.1. The van der Waals surface area contributed by atoms with Crippen LogP contribution in [0.1, 0.15) is 32.6 Å². The second-order valence-corrected chi connectivity index (χ2v) is 4.70. The van der Waals surface area contributed by atoms with Crippen molar-refractivity contribution in [1.82, 2.24) is 10.3 Å². The number of nitrogens with zero attached hydrogens (tertiary/aromatic N) is 1. The Labute approximate surface area is 102 Å². The molecule has 2 atom stereocenters. The highest BCUT2D eigenvalue weighted by Gasteiger charge is 2.22. The van der Waals surface area contributed by atoms with Crippen molar-refractivity contribution < 1.29 is 4.79 Å². The van der Waals surface area contributed by atoms with Gasteiger partial charge >= 0.3 is 6.03 Å². The third kappa shape index (κ3) is 3.44. The summed E-state index contributed by atoms with van der Waals surface area (Å²) in [4.78, 5) is 15.7. The molecular formula is C13H19N3O. The zero-order valence-corrected chi connectivity index (χ0v) is 10.1. The van der Waals surface area contributed by atoms with Crippen molar-refractivity contribution in [1.29, 1.82) is 0 Å². The number of nitrogens with one attached hydrogen (secondary N) is 2. The van der Waals surface area contributed by atoms with E-state index in [9.17, 15) is 4.79 Å². The predicted octanol–water partition coefficient (Wildman–Crippen LogP) is 2.78. The van der Waals surface area contributed by atoms with Crippen LogP contribution in [-0.2, 0) is 0 Å². The quantitative estimate of drug-likeness (QED) is 0.825. The normalized spacial score (nSPS) is 24.1. The molecule has 92 valence electrons. The lowest BCUT2D eigenvalue weighted by Gasteiger charge is -2.29. The van der Waals surface area contributed by atoms with Gasteiger partial charge in [0, 0.05) is 24.1 Å². The number of hydrogen-bond donors (Lipinski definition) is 2. The summed E-state index contributed by atoms with van der Waals surface area (Å²) < 4.78 is 0. The summed E-state index contributed by atoms with van der Waals surface area (Å²) in [7, 11) is 0. The fraction of sp³-hybridized carbons (Fsp3) is 0.538. The average Bonchev–Trinajstić information content (AvgIpc) is 2.33. The molecule has 1 saturated carbocycles. The van der Waals surface area contributed by atoms with Gasteiger partial charge in [-0.05, 0) is 30.9 Å². The minimum absolute atomic E-state index is 0.116. The summed E-state index contributed by atoms with van der Waals surface area (Å²) in [5.41, 5.74) is 0.779. The molecule has 0 aliphatic heterocycles. The lowest BCUT2D eigenvalue weighted by atomic mass is 9.86. The largest absolute Gasteiger partial charge is 0.335 e. The fourth-order valence-corrected chi connectivity index (χ4v) is 2.30. The molecule has 17 heavy (non-hydrogen) atoms. The summed E-state index contributed by atoms with van der Waals surface area (Å²) in [6, 6.07) is 3.76. The van der Waals surface area contributed by atoms with Crippen molar-refractivity contribution in [3.05, 3.63) is 24.5 Å². The van der Waals surface area contributed by atoms with E-state index in [4.69, 9.17) is 0 Å². The number of carbonyl (C=O) groups is 1. The summed E-state index contributed by atoms with van der Waals surface area (Å²) in [6.07, 6.45) is 8.12. The molecular weight excluding hydrogens is 214 g/mol. The van der Waals surface area contributed by atoms with E-state index < -0.39 is 0 Å². The van der Waals surface area contributed by atoms with Crippen molar-refractivity contribution in [3.8, 4) is 0 Å². The van der Waals surface area contributed by atoms with E-state index in [2.05, 4.69) is 22.5 Å². The maximum absolute atomic E-state index is 11.8. The highest BCUT2D eigenvalue weighted by atomic mass is 16.2. The minimum Gasteiger partial charge on any atom is -0.335 e. The van der Waals surface area contributed by atoms with Gasteiger partial charge in [-0.2, -0.15) is 0 Å². The maximum atomic E-state index is 11.8. The van der Waals surface area contributed by atoms with Gasteiger partial charge in [-0.15, -0.1) is 0 Å². The molecule has 2 N–H and O–H groups in total. The van der Waals surface area contributed by atoms with Gasteiger partial charge in [-0.1, -0.05) is 19.8 Å². The van der Waals surface area contributed by atoms with Gasteiger partial charge in [0.25, 0.3) is 0 Å². The Bertz CT molecular complexity index is 366. The van der Waals surface area contributed by atoms with Gasteiger partial charge in [0.05, 0.1) is 0 Å². The van der Waals surface area contributed by atoms with Crippen LogP contribution in [0.15, 0.2) is 24.5 Å². The summed E-state index contributed by atoms with van der Waals surface area (Å²) in [6.45, 7) is 2.20. The second-order valence-electron chi connectivity index (χ2n) is 4.70. The molecule has 2 unspecified atom stereocenters. The number of hydrogen-bond acceptors (Lipinski definition) is 2. The molecule has 1 aliphatic rings. The van der Waals surface area contributed by atoms with Crippen LogP contribution in [0.5, 0.6) is 0 Å². The van der Waals surface area contributed by atoms with Gasteiger partial charge in [0.15, 0.2) is 0 Å². The Balaban J connectivity index is 1.84. The lowest BCUT2D eigenvalue weighted by molar-refractivity contribution is 0.232. The number of rotatable bonds is 2. The molecule has 2 amide bonds. The molecule has 1 heterocycles. The molecule has 0 bridgehead atoms. The predicted molar refractivity (Wildman–Crippen MR) is 67.8 cm³/mol. The van der Waals surface area contributed by atoms with Crippen LogP contribution < -0.4 is 10.6 Å². The molecule has 1 fully saturated rings. The van der Waals surface area contributed by atoms with Crippen LogP contribution in [0.4, 0.5) is 10.5 Å². The van der Waals surface area contributed by atoms with Crippen molar-refractivity contribution in [2.24, 2.45) is 5.92 Å². The van der Waals surface area contributed by atoms with Crippen molar-refractivity contribution in [2.45, 2.75) is 38.6 Å². The molecule has 0 spiro atoms. The first-order chi connectivity index (χ1) is 8.25. The van der Waals surface area contributed by atoms with Crippen LogP contribution in [-0.4, -0.2) is 17.1 Å². The monoisotopic (exact) mass is 233 g/mol. The first-order valence-electron chi connectivity index (χ1n) is 6.23. The maximum Gasteiger partial charge on any atom is 0.319 e. The van der Waals surface area contributed by atoms with E-state index in [1.165, 1.54) is 19.3 Å². The molecule has 1 aromatic heterocycles. The molecule has 1 aromatic rings. The molecule has 4 nitrogen and oxygen atoms in total. The number of urea groups is 1. The van der Waals surface area contributed by atoms with Crippen molar-refractivity contribution in [2.75, 3.05) is 5.32 Å². The number of carbonyl (C=O) groups excluding carboxylic acids is 1. The minimum atomic E-state index is -0.116. The summed E-state index contributed by atoms with van der Waals surface area (Å²) >= 11 is 0. The van der Waals surface area contributed by atoms with Crippen LogP contribution in [0.2, 0.25) is 0 Å². The van der Waals surface area contributed by atoms with E-state index in [0.29, 0.717) is 12.0 Å². The van der Waals surface area contributed by atoms with Gasteiger partial charge in [0.1, 0.15) is 0 Å². The van der Waals surface area contributed by atoms with E-state index in [1.807, 2.05) is 0 Å². The fourth-order valence-electron chi connectivity index (χ4n) is 2.30. The Kier molecular flexibility index (Phi) is 3.96. The van der Waals surface area contributed by atoms with Gasteiger partial charge < -0.3 is 10.6 Å². The molecule has 0 radical (unpaired) electrons. The van der Waals surface area contributed by atoms with Gasteiger partial charge in [-0.3, -0.25) is 4.98 Å². The van der Waals surface area contributed by atoms with Crippen molar-refractivity contribution in [3.63, 3.8) is 0 Å². The van der Waals surface area contributed by atoms with Crippen LogP contribution in [0, 0.1) is 5.92 Å². The summed E-state index contributed by atoms with van der Waals surface area (Å²) in [5.74, 6) is 0.576. The first kappa shape index (κ1) is 11.9. The third-order valence-electron chi connectivity index (χ3n) is 3.37.